The Bertz CT molecular complexity index is 580. The minimum absolute atomic E-state index is 0.130. The highest BCUT2D eigenvalue weighted by atomic mass is 32.1. The summed E-state index contributed by atoms with van der Waals surface area (Å²) in [5.41, 5.74) is 11.9. The fourth-order valence-electron chi connectivity index (χ4n) is 2.52. The molecule has 1 fully saturated rings. The second-order valence-electron chi connectivity index (χ2n) is 5.95. The maximum atomic E-state index is 12.2. The van der Waals surface area contributed by atoms with E-state index in [4.69, 9.17) is 16.2 Å². The maximum absolute atomic E-state index is 12.2. The zero-order valence-corrected chi connectivity index (χ0v) is 13.4. The summed E-state index contributed by atoms with van der Waals surface area (Å²) in [6.45, 7) is 7.94. The number of amides is 1. The fourth-order valence-corrected chi connectivity index (χ4v) is 3.61. The molecular weight excluding hydrogens is 290 g/mol. The Morgan fingerprint density at radius 1 is 1.43 bits per heavy atom. The van der Waals surface area contributed by atoms with Crippen LogP contribution in [0.1, 0.15) is 47.2 Å². The van der Waals surface area contributed by atoms with Crippen molar-refractivity contribution < 1.29 is 14.3 Å². The molecule has 2 rings (SSSR count). The molecular formula is C14H21N3O3S. The number of nitrogens with zero attached hydrogens (tertiary/aromatic N) is 1. The molecule has 116 valence electrons. The van der Waals surface area contributed by atoms with Gasteiger partial charge in [-0.1, -0.05) is 13.8 Å². The first-order valence-electron chi connectivity index (χ1n) is 6.91. The number of primary amides is 1. The van der Waals surface area contributed by atoms with Crippen LogP contribution in [-0.4, -0.2) is 31.6 Å². The molecule has 0 aliphatic carbocycles. The van der Waals surface area contributed by atoms with Crippen molar-refractivity contribution in [1.82, 2.24) is 0 Å². The van der Waals surface area contributed by atoms with Gasteiger partial charge < -0.3 is 21.1 Å². The summed E-state index contributed by atoms with van der Waals surface area (Å²) in [5, 5.41) is 0.685. The molecule has 0 radical (unpaired) electrons. The van der Waals surface area contributed by atoms with E-state index in [-0.39, 0.29) is 28.1 Å². The van der Waals surface area contributed by atoms with E-state index in [1.165, 1.54) is 11.3 Å². The predicted molar refractivity (Wildman–Crippen MR) is 83.8 cm³/mol. The minimum atomic E-state index is -0.618. The molecule has 0 aromatic carbocycles. The van der Waals surface area contributed by atoms with Crippen molar-refractivity contribution in [2.24, 2.45) is 11.1 Å². The number of carbonyl (C=O) groups excluding carboxylic acids is 2. The summed E-state index contributed by atoms with van der Waals surface area (Å²) in [6, 6.07) is 0. The molecule has 1 aromatic heterocycles. The van der Waals surface area contributed by atoms with Crippen molar-refractivity contribution in [3.8, 4) is 0 Å². The molecule has 1 aliphatic heterocycles. The van der Waals surface area contributed by atoms with Gasteiger partial charge in [-0.25, -0.2) is 4.79 Å². The van der Waals surface area contributed by atoms with Gasteiger partial charge in [0.1, 0.15) is 15.4 Å². The number of nitrogen functional groups attached to an aromatic ring is 1. The molecule has 0 unspecified atom stereocenters. The molecule has 1 aromatic rings. The summed E-state index contributed by atoms with van der Waals surface area (Å²) in [5.74, 6) is -1.12. The van der Waals surface area contributed by atoms with Gasteiger partial charge in [0, 0.05) is 13.1 Å². The van der Waals surface area contributed by atoms with Crippen molar-refractivity contribution in [2.45, 2.75) is 27.2 Å². The average molecular weight is 311 g/mol. The average Bonchev–Trinajstić information content (AvgIpc) is 2.89. The first-order valence-corrected chi connectivity index (χ1v) is 7.72. The van der Waals surface area contributed by atoms with Crippen LogP contribution >= 0.6 is 11.3 Å². The second-order valence-corrected chi connectivity index (χ2v) is 6.94. The third-order valence-electron chi connectivity index (χ3n) is 3.59. The Kier molecular flexibility index (Phi) is 4.13. The number of hydrogen-bond donors (Lipinski definition) is 2. The topological polar surface area (TPSA) is 98.6 Å². The smallest absolute Gasteiger partial charge is 0.343 e. The Balaban J connectivity index is 2.46. The normalized spacial score (nSPS) is 17.0. The van der Waals surface area contributed by atoms with E-state index in [0.717, 1.165) is 19.5 Å². The number of esters is 1. The molecule has 0 spiro atoms. The maximum Gasteiger partial charge on any atom is 0.343 e. The molecule has 1 saturated heterocycles. The van der Waals surface area contributed by atoms with Crippen LogP contribution in [0.2, 0.25) is 0 Å². The van der Waals surface area contributed by atoms with Crippen LogP contribution < -0.4 is 16.4 Å². The number of thiophene rings is 1. The van der Waals surface area contributed by atoms with Gasteiger partial charge in [0.25, 0.3) is 5.91 Å². The van der Waals surface area contributed by atoms with Crippen LogP contribution in [0.4, 0.5) is 10.7 Å². The van der Waals surface area contributed by atoms with Crippen LogP contribution in [0.3, 0.4) is 0 Å². The third kappa shape index (κ3) is 2.97. The summed E-state index contributed by atoms with van der Waals surface area (Å²) >= 11 is 1.17. The number of ether oxygens (including phenoxy) is 1. The highest BCUT2D eigenvalue weighted by Crippen LogP contribution is 2.42. The lowest BCUT2D eigenvalue weighted by Gasteiger charge is -2.21. The van der Waals surface area contributed by atoms with Crippen molar-refractivity contribution in [3.05, 3.63) is 10.4 Å². The van der Waals surface area contributed by atoms with Gasteiger partial charge in [0.15, 0.2) is 0 Å². The highest BCUT2D eigenvalue weighted by molar-refractivity contribution is 7.19. The van der Waals surface area contributed by atoms with Crippen molar-refractivity contribution in [2.75, 3.05) is 30.3 Å². The Morgan fingerprint density at radius 2 is 2.10 bits per heavy atom. The van der Waals surface area contributed by atoms with Gasteiger partial charge in [-0.2, -0.15) is 0 Å². The molecule has 1 amide bonds. The lowest BCUT2D eigenvalue weighted by atomic mass is 9.93. The molecule has 0 bridgehead atoms. The highest BCUT2D eigenvalue weighted by Gasteiger charge is 2.35. The molecule has 2 heterocycles. The Hall–Kier alpha value is -1.76. The largest absolute Gasteiger partial charge is 0.462 e. The van der Waals surface area contributed by atoms with Gasteiger partial charge >= 0.3 is 5.97 Å². The first-order chi connectivity index (χ1) is 9.76. The van der Waals surface area contributed by atoms with Gasteiger partial charge in [-0.3, -0.25) is 4.79 Å². The lowest BCUT2D eigenvalue weighted by molar-refractivity contribution is 0.0529. The quantitative estimate of drug-likeness (QED) is 0.827. The van der Waals surface area contributed by atoms with E-state index in [1.807, 2.05) is 0 Å². The van der Waals surface area contributed by atoms with E-state index in [9.17, 15) is 9.59 Å². The number of carbonyl (C=O) groups is 2. The Morgan fingerprint density at radius 3 is 2.57 bits per heavy atom. The van der Waals surface area contributed by atoms with Crippen LogP contribution in [0.15, 0.2) is 0 Å². The van der Waals surface area contributed by atoms with Gasteiger partial charge in [-0.15, -0.1) is 11.3 Å². The lowest BCUT2D eigenvalue weighted by Crippen LogP contribution is -2.24. The van der Waals surface area contributed by atoms with E-state index >= 15 is 0 Å². The summed E-state index contributed by atoms with van der Waals surface area (Å²) in [6.07, 6.45) is 1.01. The number of anilines is 2. The fraction of sp³-hybridized carbons (Fsp3) is 0.571. The monoisotopic (exact) mass is 311 g/mol. The molecule has 0 saturated carbocycles. The van der Waals surface area contributed by atoms with Crippen molar-refractivity contribution in [3.63, 3.8) is 0 Å². The standard InChI is InChI=1S/C14H21N3O3S/c1-4-20-13(19)8-9(15)10(11(16)18)21-12(8)17-6-5-14(2,3)7-17/h4-7,15H2,1-3H3,(H2,16,18). The van der Waals surface area contributed by atoms with Crippen LogP contribution in [0.5, 0.6) is 0 Å². The van der Waals surface area contributed by atoms with Crippen molar-refractivity contribution in [1.29, 1.82) is 0 Å². The van der Waals surface area contributed by atoms with Crippen molar-refractivity contribution >= 4 is 33.9 Å². The molecule has 6 nitrogen and oxygen atoms in total. The first kappa shape index (κ1) is 15.6. The van der Waals surface area contributed by atoms with Crippen LogP contribution in [0, 0.1) is 5.41 Å². The van der Waals surface area contributed by atoms with E-state index in [2.05, 4.69) is 18.7 Å². The summed E-state index contributed by atoms with van der Waals surface area (Å²) in [4.78, 5) is 26.0. The van der Waals surface area contributed by atoms with E-state index in [1.54, 1.807) is 6.92 Å². The zero-order valence-electron chi connectivity index (χ0n) is 12.6. The molecule has 0 atom stereocenters. The zero-order chi connectivity index (χ0) is 15.8. The van der Waals surface area contributed by atoms with Crippen LogP contribution in [0.25, 0.3) is 0 Å². The third-order valence-corrected chi connectivity index (χ3v) is 4.88. The van der Waals surface area contributed by atoms with E-state index in [0.29, 0.717) is 5.00 Å². The van der Waals surface area contributed by atoms with Gasteiger partial charge in [0.2, 0.25) is 0 Å². The number of rotatable bonds is 4. The Labute approximate surface area is 128 Å². The second kappa shape index (κ2) is 5.55. The summed E-state index contributed by atoms with van der Waals surface area (Å²) < 4.78 is 5.06. The SMILES string of the molecule is CCOC(=O)c1c(N2CCC(C)(C)C2)sc(C(N)=O)c1N. The number of hydrogen-bond acceptors (Lipinski definition) is 6. The van der Waals surface area contributed by atoms with Gasteiger partial charge in [-0.05, 0) is 18.8 Å². The molecule has 7 heteroatoms. The molecule has 4 N–H and O–H groups in total. The van der Waals surface area contributed by atoms with Gasteiger partial charge in [0.05, 0.1) is 12.3 Å². The summed E-state index contributed by atoms with van der Waals surface area (Å²) in [7, 11) is 0. The van der Waals surface area contributed by atoms with E-state index < -0.39 is 11.9 Å². The predicted octanol–water partition coefficient (Wildman–Crippen LogP) is 1.84. The minimum Gasteiger partial charge on any atom is -0.462 e. The number of nitrogens with two attached hydrogens (primary N) is 2. The molecule has 1 aliphatic rings. The molecule has 21 heavy (non-hydrogen) atoms. The van der Waals surface area contributed by atoms with Crippen LogP contribution in [-0.2, 0) is 4.74 Å².